The summed E-state index contributed by atoms with van der Waals surface area (Å²) < 4.78 is 29.0. The summed E-state index contributed by atoms with van der Waals surface area (Å²) in [4.78, 5) is 4.13. The van der Waals surface area contributed by atoms with Gasteiger partial charge in [0.15, 0.2) is 15.7 Å². The molecule has 96 valence electrons. The fraction of sp³-hybridized carbons (Fsp3) is 0.727. The van der Waals surface area contributed by atoms with Gasteiger partial charge in [-0.15, -0.1) is 0 Å². The normalized spacial score (nSPS) is 28.1. The van der Waals surface area contributed by atoms with Crippen LogP contribution in [0.5, 0.6) is 0 Å². The minimum atomic E-state index is -2.95. The summed E-state index contributed by atoms with van der Waals surface area (Å²) in [5.41, 5.74) is 4.99. The van der Waals surface area contributed by atoms with E-state index in [-0.39, 0.29) is 11.5 Å². The zero-order valence-corrected chi connectivity index (χ0v) is 10.8. The van der Waals surface area contributed by atoms with Crippen molar-refractivity contribution in [3.63, 3.8) is 0 Å². The van der Waals surface area contributed by atoms with Crippen LogP contribution in [0.15, 0.2) is 10.6 Å². The lowest BCUT2D eigenvalue weighted by Gasteiger charge is -2.30. The van der Waals surface area contributed by atoms with Crippen molar-refractivity contribution in [2.24, 2.45) is 5.73 Å². The van der Waals surface area contributed by atoms with Crippen LogP contribution in [-0.2, 0) is 21.7 Å². The number of nitrogens with two attached hydrogens (primary N) is 1. The lowest BCUT2D eigenvalue weighted by molar-refractivity contribution is 0.338. The number of rotatable bonds is 3. The molecule has 1 aromatic heterocycles. The van der Waals surface area contributed by atoms with Crippen LogP contribution in [0.3, 0.4) is 0 Å². The van der Waals surface area contributed by atoms with E-state index in [0.29, 0.717) is 31.0 Å². The van der Waals surface area contributed by atoms with E-state index >= 15 is 0 Å². The van der Waals surface area contributed by atoms with Crippen molar-refractivity contribution >= 4 is 9.84 Å². The zero-order chi connectivity index (χ0) is 12.5. The number of nitrogens with zero attached hydrogens (tertiary/aromatic N) is 1. The first-order chi connectivity index (χ1) is 7.95. The van der Waals surface area contributed by atoms with Crippen LogP contribution in [0.1, 0.15) is 31.4 Å². The van der Waals surface area contributed by atoms with Crippen LogP contribution in [-0.4, -0.2) is 31.5 Å². The van der Waals surface area contributed by atoms with E-state index in [9.17, 15) is 8.42 Å². The Morgan fingerprint density at radius 1 is 1.59 bits per heavy atom. The topological polar surface area (TPSA) is 86.2 Å². The van der Waals surface area contributed by atoms with Gasteiger partial charge in [-0.2, -0.15) is 0 Å². The SMILES string of the molecule is CC1(c2cnc(CCN)o2)CCCS(=O)(=O)C1. The lowest BCUT2D eigenvalue weighted by atomic mass is 9.85. The standard InChI is InChI=1S/C11H18N2O3S/c1-11(4-2-6-17(14,15)8-11)9-7-13-10(16-9)3-5-12/h7H,2-6,8,12H2,1H3. The van der Waals surface area contributed by atoms with Gasteiger partial charge < -0.3 is 10.2 Å². The molecular formula is C11H18N2O3S. The molecule has 1 unspecified atom stereocenters. The van der Waals surface area contributed by atoms with E-state index in [4.69, 9.17) is 10.2 Å². The molecule has 6 heteroatoms. The number of hydrogen-bond acceptors (Lipinski definition) is 5. The van der Waals surface area contributed by atoms with Gasteiger partial charge in [0.2, 0.25) is 0 Å². The summed E-state index contributed by atoms with van der Waals surface area (Å²) in [5, 5.41) is 0. The first-order valence-corrected chi connectivity index (χ1v) is 7.63. The summed E-state index contributed by atoms with van der Waals surface area (Å²) in [7, 11) is -2.95. The number of hydrogen-bond donors (Lipinski definition) is 1. The quantitative estimate of drug-likeness (QED) is 0.860. The van der Waals surface area contributed by atoms with E-state index < -0.39 is 15.3 Å². The summed E-state index contributed by atoms with van der Waals surface area (Å²) >= 11 is 0. The van der Waals surface area contributed by atoms with Gasteiger partial charge >= 0.3 is 0 Å². The van der Waals surface area contributed by atoms with Gasteiger partial charge in [-0.1, -0.05) is 6.92 Å². The molecule has 0 spiro atoms. The Kier molecular flexibility index (Phi) is 3.27. The highest BCUT2D eigenvalue weighted by Crippen LogP contribution is 2.35. The molecule has 2 N–H and O–H groups in total. The van der Waals surface area contributed by atoms with Gasteiger partial charge in [-0.05, 0) is 12.8 Å². The van der Waals surface area contributed by atoms with Crippen LogP contribution in [0.4, 0.5) is 0 Å². The Hall–Kier alpha value is -0.880. The first-order valence-electron chi connectivity index (χ1n) is 5.81. The predicted octanol–water partition coefficient (Wildman–Crippen LogP) is 0.642. The molecule has 0 radical (unpaired) electrons. The third-order valence-corrected chi connectivity index (χ3v) is 5.22. The average molecular weight is 258 g/mol. The van der Waals surface area contributed by atoms with Crippen molar-refractivity contribution in [3.8, 4) is 0 Å². The van der Waals surface area contributed by atoms with Gasteiger partial charge in [0, 0.05) is 18.4 Å². The summed E-state index contributed by atoms with van der Waals surface area (Å²) in [6, 6.07) is 0. The molecule has 1 aliphatic heterocycles. The number of aromatic nitrogens is 1. The second-order valence-corrected chi connectivity index (χ2v) is 7.10. The second kappa shape index (κ2) is 4.42. The molecule has 2 heterocycles. The smallest absolute Gasteiger partial charge is 0.195 e. The van der Waals surface area contributed by atoms with Gasteiger partial charge in [0.25, 0.3) is 0 Å². The third-order valence-electron chi connectivity index (χ3n) is 3.23. The monoisotopic (exact) mass is 258 g/mol. The Labute approximate surface area is 101 Å². The predicted molar refractivity (Wildman–Crippen MR) is 64.5 cm³/mol. The summed E-state index contributed by atoms with van der Waals surface area (Å²) in [6.07, 6.45) is 3.74. The Morgan fingerprint density at radius 3 is 3.00 bits per heavy atom. The van der Waals surface area contributed by atoms with Crippen LogP contribution in [0.25, 0.3) is 0 Å². The maximum absolute atomic E-state index is 11.7. The van der Waals surface area contributed by atoms with E-state index in [0.717, 1.165) is 6.42 Å². The molecule has 0 saturated carbocycles. The van der Waals surface area contributed by atoms with Gasteiger partial charge in [-0.3, -0.25) is 0 Å². The highest BCUT2D eigenvalue weighted by Gasteiger charge is 2.39. The zero-order valence-electron chi connectivity index (χ0n) is 9.98. The molecule has 5 nitrogen and oxygen atoms in total. The Balaban J connectivity index is 2.24. The molecule has 0 amide bonds. The Morgan fingerprint density at radius 2 is 2.35 bits per heavy atom. The fourth-order valence-corrected chi connectivity index (χ4v) is 4.32. The van der Waals surface area contributed by atoms with Crippen molar-refractivity contribution in [1.29, 1.82) is 0 Å². The van der Waals surface area contributed by atoms with Gasteiger partial charge in [0.05, 0.1) is 17.7 Å². The number of oxazole rings is 1. The Bertz CT molecular complexity index is 495. The van der Waals surface area contributed by atoms with Crippen molar-refractivity contribution in [2.45, 2.75) is 31.6 Å². The fourth-order valence-electron chi connectivity index (χ4n) is 2.33. The molecule has 1 fully saturated rings. The third kappa shape index (κ3) is 2.69. The first kappa shape index (κ1) is 12.6. The minimum absolute atomic E-state index is 0.150. The molecule has 0 aromatic carbocycles. The molecule has 0 aliphatic carbocycles. The number of sulfone groups is 1. The van der Waals surface area contributed by atoms with E-state index in [1.54, 1.807) is 6.20 Å². The van der Waals surface area contributed by atoms with E-state index in [1.165, 1.54) is 0 Å². The molecule has 17 heavy (non-hydrogen) atoms. The van der Waals surface area contributed by atoms with Crippen LogP contribution in [0, 0.1) is 0 Å². The average Bonchev–Trinajstić information content (AvgIpc) is 2.65. The lowest BCUT2D eigenvalue weighted by Crippen LogP contribution is -2.37. The van der Waals surface area contributed by atoms with E-state index in [2.05, 4.69) is 4.98 Å². The van der Waals surface area contributed by atoms with Gasteiger partial charge in [0.1, 0.15) is 5.76 Å². The molecular weight excluding hydrogens is 240 g/mol. The molecule has 1 saturated heterocycles. The molecule has 2 rings (SSSR count). The van der Waals surface area contributed by atoms with Crippen molar-refractivity contribution in [1.82, 2.24) is 4.98 Å². The van der Waals surface area contributed by atoms with Crippen LogP contribution < -0.4 is 5.73 Å². The maximum Gasteiger partial charge on any atom is 0.195 e. The van der Waals surface area contributed by atoms with Crippen molar-refractivity contribution in [2.75, 3.05) is 18.1 Å². The highest BCUT2D eigenvalue weighted by atomic mass is 32.2. The molecule has 0 bridgehead atoms. The van der Waals surface area contributed by atoms with Crippen LogP contribution in [0.2, 0.25) is 0 Å². The molecule has 1 aliphatic rings. The molecule has 1 aromatic rings. The highest BCUT2D eigenvalue weighted by molar-refractivity contribution is 7.91. The largest absolute Gasteiger partial charge is 0.445 e. The summed E-state index contributed by atoms with van der Waals surface area (Å²) in [6.45, 7) is 2.41. The minimum Gasteiger partial charge on any atom is -0.445 e. The second-order valence-electron chi connectivity index (χ2n) is 4.91. The molecule has 1 atom stereocenters. The van der Waals surface area contributed by atoms with Crippen LogP contribution >= 0.6 is 0 Å². The van der Waals surface area contributed by atoms with Gasteiger partial charge in [-0.25, -0.2) is 13.4 Å². The van der Waals surface area contributed by atoms with E-state index in [1.807, 2.05) is 6.92 Å². The van der Waals surface area contributed by atoms with Crippen molar-refractivity contribution < 1.29 is 12.8 Å². The van der Waals surface area contributed by atoms with Crippen molar-refractivity contribution in [3.05, 3.63) is 17.8 Å². The maximum atomic E-state index is 11.7. The summed E-state index contributed by atoms with van der Waals surface area (Å²) in [5.74, 6) is 1.69.